The van der Waals surface area contributed by atoms with Crippen molar-refractivity contribution in [3.8, 4) is 5.75 Å². The summed E-state index contributed by atoms with van der Waals surface area (Å²) >= 11 is 6.58. The topological polar surface area (TPSA) is 55.2 Å². The standard InChI is InChI=1S/C27H30ClN5O/c1-34-22-6-7-23-19(15-22)14-20(26(28)30-23)17-32-12-9-21(10-13-32)33-25-5-3-2-4-24(25)31-27(33)18-8-11-29-16-18/h2-7,14-15,18,21,29H,8-13,16-17H2,1H3/t18-/m1/s1. The van der Waals surface area contributed by atoms with E-state index in [1.807, 2.05) is 18.2 Å². The molecule has 0 amide bonds. The Morgan fingerprint density at radius 2 is 1.88 bits per heavy atom. The number of ether oxygens (including phenoxy) is 1. The van der Waals surface area contributed by atoms with Gasteiger partial charge in [0.15, 0.2) is 0 Å². The predicted octanol–water partition coefficient (Wildman–Crippen LogP) is 5.16. The maximum absolute atomic E-state index is 6.58. The molecule has 1 N–H and O–H groups in total. The lowest BCUT2D eigenvalue weighted by Crippen LogP contribution is -2.35. The zero-order chi connectivity index (χ0) is 23.1. The van der Waals surface area contributed by atoms with Crippen LogP contribution in [-0.4, -0.2) is 52.7 Å². The van der Waals surface area contributed by atoms with E-state index in [9.17, 15) is 0 Å². The number of piperidine rings is 1. The summed E-state index contributed by atoms with van der Waals surface area (Å²) in [5.41, 5.74) is 4.37. The van der Waals surface area contributed by atoms with Gasteiger partial charge in [-0.05, 0) is 62.2 Å². The van der Waals surface area contributed by atoms with Gasteiger partial charge in [0, 0.05) is 49.1 Å². The first-order valence-corrected chi connectivity index (χ1v) is 12.6. The molecule has 7 heteroatoms. The van der Waals surface area contributed by atoms with Gasteiger partial charge in [-0.3, -0.25) is 4.90 Å². The van der Waals surface area contributed by atoms with Crippen LogP contribution >= 0.6 is 11.6 Å². The molecule has 2 fully saturated rings. The monoisotopic (exact) mass is 475 g/mol. The molecular formula is C27H30ClN5O. The second kappa shape index (κ2) is 9.17. The molecule has 0 bridgehead atoms. The van der Waals surface area contributed by atoms with Crippen LogP contribution in [0.4, 0.5) is 0 Å². The Balaban J connectivity index is 1.21. The zero-order valence-electron chi connectivity index (χ0n) is 19.5. The molecule has 0 spiro atoms. The molecule has 2 aliphatic rings. The van der Waals surface area contributed by atoms with Gasteiger partial charge in [0.1, 0.15) is 16.7 Å². The number of hydrogen-bond acceptors (Lipinski definition) is 5. The maximum atomic E-state index is 6.58. The molecule has 2 aromatic carbocycles. The number of nitrogens with zero attached hydrogens (tertiary/aromatic N) is 4. The molecule has 2 aliphatic heterocycles. The van der Waals surface area contributed by atoms with E-state index in [-0.39, 0.29) is 0 Å². The van der Waals surface area contributed by atoms with Gasteiger partial charge in [-0.1, -0.05) is 23.7 Å². The van der Waals surface area contributed by atoms with Crippen LogP contribution < -0.4 is 10.1 Å². The summed E-state index contributed by atoms with van der Waals surface area (Å²) in [7, 11) is 1.69. The van der Waals surface area contributed by atoms with Crippen LogP contribution in [0.1, 0.15) is 42.6 Å². The Bertz CT molecular complexity index is 1320. The van der Waals surface area contributed by atoms with E-state index in [1.165, 1.54) is 17.8 Å². The first kappa shape index (κ1) is 21.8. The predicted molar refractivity (Wildman–Crippen MR) is 137 cm³/mol. The molecule has 0 aliphatic carbocycles. The average molecular weight is 476 g/mol. The average Bonchev–Trinajstić information content (AvgIpc) is 3.53. The lowest BCUT2D eigenvalue weighted by atomic mass is 10.0. The van der Waals surface area contributed by atoms with Crippen LogP contribution in [0.25, 0.3) is 21.9 Å². The van der Waals surface area contributed by atoms with E-state index in [1.54, 1.807) is 7.11 Å². The number of para-hydroxylation sites is 2. The molecule has 34 heavy (non-hydrogen) atoms. The molecule has 4 aromatic rings. The highest BCUT2D eigenvalue weighted by Crippen LogP contribution is 2.34. The van der Waals surface area contributed by atoms with Gasteiger partial charge in [-0.2, -0.15) is 0 Å². The van der Waals surface area contributed by atoms with Crippen LogP contribution in [0.5, 0.6) is 5.75 Å². The molecule has 6 nitrogen and oxygen atoms in total. The van der Waals surface area contributed by atoms with Gasteiger partial charge >= 0.3 is 0 Å². The molecule has 176 valence electrons. The van der Waals surface area contributed by atoms with Gasteiger partial charge in [-0.25, -0.2) is 9.97 Å². The quantitative estimate of drug-likeness (QED) is 0.404. The number of halogens is 1. The first-order valence-electron chi connectivity index (χ1n) is 12.2. The Morgan fingerprint density at radius 3 is 2.68 bits per heavy atom. The highest BCUT2D eigenvalue weighted by molar-refractivity contribution is 6.30. The second-order valence-electron chi connectivity index (χ2n) is 9.52. The fourth-order valence-electron chi connectivity index (χ4n) is 5.60. The van der Waals surface area contributed by atoms with E-state index < -0.39 is 0 Å². The lowest BCUT2D eigenvalue weighted by molar-refractivity contribution is 0.179. The number of imidazole rings is 1. The number of benzene rings is 2. The number of pyridine rings is 1. The molecule has 0 unspecified atom stereocenters. The van der Waals surface area contributed by atoms with Crippen LogP contribution in [-0.2, 0) is 6.54 Å². The highest BCUT2D eigenvalue weighted by atomic mass is 35.5. The normalized spacial score (nSPS) is 19.9. The van der Waals surface area contributed by atoms with E-state index in [4.69, 9.17) is 21.3 Å². The van der Waals surface area contributed by atoms with Gasteiger partial charge < -0.3 is 14.6 Å². The SMILES string of the molecule is COc1ccc2nc(Cl)c(CN3CCC(n4c([C@@H]5CCNC5)nc5ccccc54)CC3)cc2c1. The van der Waals surface area contributed by atoms with Crippen molar-refractivity contribution >= 4 is 33.5 Å². The zero-order valence-corrected chi connectivity index (χ0v) is 20.3. The summed E-state index contributed by atoms with van der Waals surface area (Å²) in [5.74, 6) is 2.61. The van der Waals surface area contributed by atoms with E-state index in [0.29, 0.717) is 17.1 Å². The third-order valence-electron chi connectivity index (χ3n) is 7.41. The van der Waals surface area contributed by atoms with Gasteiger partial charge in [0.2, 0.25) is 0 Å². The number of aromatic nitrogens is 3. The van der Waals surface area contributed by atoms with Crippen molar-refractivity contribution in [1.29, 1.82) is 0 Å². The largest absolute Gasteiger partial charge is 0.497 e. The summed E-state index contributed by atoms with van der Waals surface area (Å²) in [6, 6.07) is 17.2. The Morgan fingerprint density at radius 1 is 1.03 bits per heavy atom. The third kappa shape index (κ3) is 4.04. The van der Waals surface area contributed by atoms with Crippen LogP contribution in [0.2, 0.25) is 5.15 Å². The third-order valence-corrected chi connectivity index (χ3v) is 7.74. The summed E-state index contributed by atoms with van der Waals surface area (Å²) in [6.45, 7) is 4.99. The van der Waals surface area contributed by atoms with Crippen molar-refractivity contribution in [3.05, 3.63) is 65.1 Å². The summed E-state index contributed by atoms with van der Waals surface area (Å²) in [5, 5.41) is 5.17. The number of hydrogen-bond donors (Lipinski definition) is 1. The highest BCUT2D eigenvalue weighted by Gasteiger charge is 2.29. The molecule has 2 saturated heterocycles. The van der Waals surface area contributed by atoms with Crippen LogP contribution in [0.3, 0.4) is 0 Å². The van der Waals surface area contributed by atoms with Crippen molar-refractivity contribution in [3.63, 3.8) is 0 Å². The minimum atomic E-state index is 0.480. The maximum Gasteiger partial charge on any atom is 0.134 e. The van der Waals surface area contributed by atoms with Gasteiger partial charge in [0.25, 0.3) is 0 Å². The lowest BCUT2D eigenvalue weighted by Gasteiger charge is -2.34. The van der Waals surface area contributed by atoms with Crippen molar-refractivity contribution in [2.45, 2.75) is 37.8 Å². The fourth-order valence-corrected chi connectivity index (χ4v) is 5.80. The van der Waals surface area contributed by atoms with Crippen molar-refractivity contribution < 1.29 is 4.74 Å². The molecule has 2 aromatic heterocycles. The minimum Gasteiger partial charge on any atom is -0.497 e. The van der Waals surface area contributed by atoms with Gasteiger partial charge in [0.05, 0.1) is 23.7 Å². The second-order valence-corrected chi connectivity index (χ2v) is 9.88. The molecule has 4 heterocycles. The minimum absolute atomic E-state index is 0.480. The van der Waals surface area contributed by atoms with Crippen molar-refractivity contribution in [1.82, 2.24) is 24.8 Å². The summed E-state index contributed by atoms with van der Waals surface area (Å²) in [4.78, 5) is 12.2. The van der Waals surface area contributed by atoms with Crippen molar-refractivity contribution in [2.24, 2.45) is 0 Å². The molecular weight excluding hydrogens is 446 g/mol. The number of likely N-dealkylation sites (tertiary alicyclic amines) is 1. The number of fused-ring (bicyclic) bond motifs is 2. The summed E-state index contributed by atoms with van der Waals surface area (Å²) < 4.78 is 7.94. The Labute approximate surface area is 204 Å². The van der Waals surface area contributed by atoms with Crippen LogP contribution in [0.15, 0.2) is 48.5 Å². The molecule has 0 radical (unpaired) electrons. The molecule has 0 saturated carbocycles. The van der Waals surface area contributed by atoms with Gasteiger partial charge in [-0.15, -0.1) is 0 Å². The first-order chi connectivity index (χ1) is 16.7. The molecule has 6 rings (SSSR count). The van der Waals surface area contributed by atoms with E-state index in [2.05, 4.69) is 50.1 Å². The smallest absolute Gasteiger partial charge is 0.134 e. The number of rotatable bonds is 5. The number of methoxy groups -OCH3 is 1. The number of nitrogens with one attached hydrogen (secondary N) is 1. The van der Waals surface area contributed by atoms with Crippen LogP contribution in [0, 0.1) is 0 Å². The van der Waals surface area contributed by atoms with Crippen molar-refractivity contribution in [2.75, 3.05) is 33.3 Å². The Hall–Kier alpha value is -2.67. The fraction of sp³-hybridized carbons (Fsp3) is 0.407. The van der Waals surface area contributed by atoms with E-state index in [0.717, 1.165) is 73.3 Å². The molecule has 1 atom stereocenters. The van der Waals surface area contributed by atoms with E-state index >= 15 is 0 Å². The Kier molecular flexibility index (Phi) is 5.89. The summed E-state index contributed by atoms with van der Waals surface area (Å²) in [6.07, 6.45) is 3.39.